The molecule has 1 atom stereocenters. The van der Waals surface area contributed by atoms with Gasteiger partial charge in [0.25, 0.3) is 0 Å². The molecule has 1 N–H and O–H groups in total. The standard InChI is InChI=1S/C18H25N3/c1-14-4-3-5-15(12-14)16(13-20-17-7-8-17)6-9-18-19-10-11-21(18)2/h3-5,10-12,16-17,20H,6-9,13H2,1-2H3. The molecule has 112 valence electrons. The molecule has 1 heterocycles. The van der Waals surface area contributed by atoms with Crippen LogP contribution >= 0.6 is 0 Å². The Morgan fingerprint density at radius 3 is 2.90 bits per heavy atom. The highest BCUT2D eigenvalue weighted by Gasteiger charge is 2.22. The Labute approximate surface area is 127 Å². The van der Waals surface area contributed by atoms with Crippen molar-refractivity contribution < 1.29 is 0 Å². The van der Waals surface area contributed by atoms with Gasteiger partial charge in [0.15, 0.2) is 0 Å². The third-order valence-electron chi connectivity index (χ3n) is 4.38. The third-order valence-corrected chi connectivity index (χ3v) is 4.38. The van der Waals surface area contributed by atoms with Crippen LogP contribution in [0.3, 0.4) is 0 Å². The Balaban J connectivity index is 1.67. The van der Waals surface area contributed by atoms with Crippen LogP contribution in [0.25, 0.3) is 0 Å². The summed E-state index contributed by atoms with van der Waals surface area (Å²) in [5.41, 5.74) is 2.80. The van der Waals surface area contributed by atoms with Gasteiger partial charge in [0, 0.05) is 38.4 Å². The minimum Gasteiger partial charge on any atom is -0.338 e. The summed E-state index contributed by atoms with van der Waals surface area (Å²) in [5, 5.41) is 3.69. The van der Waals surface area contributed by atoms with E-state index in [9.17, 15) is 0 Å². The molecule has 21 heavy (non-hydrogen) atoms. The second-order valence-electron chi connectivity index (χ2n) is 6.29. The molecule has 0 bridgehead atoms. The molecule has 3 rings (SSSR count). The molecule has 1 fully saturated rings. The topological polar surface area (TPSA) is 29.9 Å². The third kappa shape index (κ3) is 3.94. The molecular formula is C18H25N3. The van der Waals surface area contributed by atoms with Crippen molar-refractivity contribution in [3.05, 3.63) is 53.6 Å². The molecule has 1 unspecified atom stereocenters. The molecule has 2 aromatic rings. The molecule has 3 heteroatoms. The van der Waals surface area contributed by atoms with Gasteiger partial charge in [-0.2, -0.15) is 0 Å². The highest BCUT2D eigenvalue weighted by atomic mass is 15.0. The van der Waals surface area contributed by atoms with Gasteiger partial charge in [-0.05, 0) is 37.7 Å². The van der Waals surface area contributed by atoms with Crippen molar-refractivity contribution in [1.82, 2.24) is 14.9 Å². The quantitative estimate of drug-likeness (QED) is 0.845. The second kappa shape index (κ2) is 6.44. The summed E-state index contributed by atoms with van der Waals surface area (Å²) in [5.74, 6) is 1.75. The molecule has 1 aromatic heterocycles. The summed E-state index contributed by atoms with van der Waals surface area (Å²) in [6, 6.07) is 9.72. The summed E-state index contributed by atoms with van der Waals surface area (Å²) in [7, 11) is 2.08. The van der Waals surface area contributed by atoms with E-state index in [4.69, 9.17) is 0 Å². The fourth-order valence-electron chi connectivity index (χ4n) is 2.85. The SMILES string of the molecule is Cc1cccc(C(CCc2nccn2C)CNC2CC2)c1. The van der Waals surface area contributed by atoms with Gasteiger partial charge in [-0.25, -0.2) is 4.98 Å². The van der Waals surface area contributed by atoms with Crippen LogP contribution in [0, 0.1) is 6.92 Å². The van der Waals surface area contributed by atoms with Crippen LogP contribution in [-0.4, -0.2) is 22.1 Å². The Hall–Kier alpha value is -1.61. The maximum absolute atomic E-state index is 4.45. The Bertz CT molecular complexity index is 584. The van der Waals surface area contributed by atoms with E-state index in [1.165, 1.54) is 29.8 Å². The van der Waals surface area contributed by atoms with E-state index in [-0.39, 0.29) is 0 Å². The first kappa shape index (κ1) is 14.3. The van der Waals surface area contributed by atoms with Gasteiger partial charge in [-0.15, -0.1) is 0 Å². The molecule has 1 aromatic carbocycles. The van der Waals surface area contributed by atoms with Gasteiger partial charge in [0.2, 0.25) is 0 Å². The predicted molar refractivity (Wildman–Crippen MR) is 86.5 cm³/mol. The van der Waals surface area contributed by atoms with E-state index in [1.807, 2.05) is 12.4 Å². The highest BCUT2D eigenvalue weighted by molar-refractivity contribution is 5.26. The van der Waals surface area contributed by atoms with E-state index in [1.54, 1.807) is 0 Å². The Morgan fingerprint density at radius 1 is 1.38 bits per heavy atom. The van der Waals surface area contributed by atoms with E-state index in [2.05, 4.69) is 53.1 Å². The number of hydrogen-bond acceptors (Lipinski definition) is 2. The van der Waals surface area contributed by atoms with Crippen molar-refractivity contribution in [2.24, 2.45) is 7.05 Å². The van der Waals surface area contributed by atoms with Gasteiger partial charge < -0.3 is 9.88 Å². The van der Waals surface area contributed by atoms with Crippen molar-refractivity contribution in [3.63, 3.8) is 0 Å². The molecule has 0 amide bonds. The normalized spacial score (nSPS) is 16.1. The number of nitrogens with zero attached hydrogens (tertiary/aromatic N) is 2. The van der Waals surface area contributed by atoms with Gasteiger partial charge in [-0.1, -0.05) is 29.8 Å². The van der Waals surface area contributed by atoms with Crippen LogP contribution in [0.1, 0.15) is 42.1 Å². The second-order valence-corrected chi connectivity index (χ2v) is 6.29. The van der Waals surface area contributed by atoms with Crippen molar-refractivity contribution in [3.8, 4) is 0 Å². The molecule has 0 aliphatic heterocycles. The summed E-state index contributed by atoms with van der Waals surface area (Å²) in [6.07, 6.45) is 8.79. The molecule has 3 nitrogen and oxygen atoms in total. The van der Waals surface area contributed by atoms with Crippen molar-refractivity contribution in [2.45, 2.75) is 44.6 Å². The summed E-state index contributed by atoms with van der Waals surface area (Å²) < 4.78 is 2.13. The first-order valence-corrected chi connectivity index (χ1v) is 7.98. The van der Waals surface area contributed by atoms with Crippen molar-refractivity contribution >= 4 is 0 Å². The summed E-state index contributed by atoms with van der Waals surface area (Å²) >= 11 is 0. The van der Waals surface area contributed by atoms with Crippen LogP contribution in [0.5, 0.6) is 0 Å². The minimum absolute atomic E-state index is 0.571. The lowest BCUT2D eigenvalue weighted by atomic mass is 9.92. The lowest BCUT2D eigenvalue weighted by Crippen LogP contribution is -2.24. The van der Waals surface area contributed by atoms with Gasteiger partial charge >= 0.3 is 0 Å². The molecule has 1 aliphatic rings. The Morgan fingerprint density at radius 2 is 2.24 bits per heavy atom. The van der Waals surface area contributed by atoms with Gasteiger partial charge in [-0.3, -0.25) is 0 Å². The number of nitrogens with one attached hydrogen (secondary N) is 1. The number of hydrogen-bond donors (Lipinski definition) is 1. The molecule has 0 saturated heterocycles. The fourth-order valence-corrected chi connectivity index (χ4v) is 2.85. The van der Waals surface area contributed by atoms with Crippen LogP contribution in [0.2, 0.25) is 0 Å². The first-order chi connectivity index (χ1) is 10.2. The van der Waals surface area contributed by atoms with Crippen molar-refractivity contribution in [2.75, 3.05) is 6.54 Å². The smallest absolute Gasteiger partial charge is 0.108 e. The van der Waals surface area contributed by atoms with Crippen LogP contribution in [-0.2, 0) is 13.5 Å². The van der Waals surface area contributed by atoms with E-state index in [0.29, 0.717) is 5.92 Å². The van der Waals surface area contributed by atoms with E-state index >= 15 is 0 Å². The minimum atomic E-state index is 0.571. The molecule has 0 spiro atoms. The van der Waals surface area contributed by atoms with Gasteiger partial charge in [0.05, 0.1) is 0 Å². The molecular weight excluding hydrogens is 258 g/mol. The lowest BCUT2D eigenvalue weighted by molar-refractivity contribution is 0.538. The molecule has 1 saturated carbocycles. The highest BCUT2D eigenvalue weighted by Crippen LogP contribution is 2.25. The molecule has 1 aliphatic carbocycles. The zero-order valence-electron chi connectivity index (χ0n) is 13.0. The van der Waals surface area contributed by atoms with Crippen LogP contribution < -0.4 is 5.32 Å². The van der Waals surface area contributed by atoms with E-state index < -0.39 is 0 Å². The molecule has 0 radical (unpaired) electrons. The fraction of sp³-hybridized carbons (Fsp3) is 0.500. The number of aromatic nitrogens is 2. The maximum Gasteiger partial charge on any atom is 0.108 e. The number of aryl methyl sites for hydroxylation is 3. The number of rotatable bonds is 7. The number of benzene rings is 1. The monoisotopic (exact) mass is 283 g/mol. The van der Waals surface area contributed by atoms with Gasteiger partial charge in [0.1, 0.15) is 5.82 Å². The summed E-state index contributed by atoms with van der Waals surface area (Å²) in [6.45, 7) is 3.26. The zero-order chi connectivity index (χ0) is 14.7. The van der Waals surface area contributed by atoms with Crippen molar-refractivity contribution in [1.29, 1.82) is 0 Å². The average molecular weight is 283 g/mol. The maximum atomic E-state index is 4.45. The average Bonchev–Trinajstić information content (AvgIpc) is 3.21. The Kier molecular flexibility index (Phi) is 4.39. The largest absolute Gasteiger partial charge is 0.338 e. The van der Waals surface area contributed by atoms with Crippen LogP contribution in [0.15, 0.2) is 36.7 Å². The summed E-state index contributed by atoms with van der Waals surface area (Å²) in [4.78, 5) is 4.45. The zero-order valence-corrected chi connectivity index (χ0v) is 13.0. The van der Waals surface area contributed by atoms with E-state index in [0.717, 1.165) is 25.4 Å². The first-order valence-electron chi connectivity index (χ1n) is 7.98. The number of imidazole rings is 1. The lowest BCUT2D eigenvalue weighted by Gasteiger charge is -2.18. The predicted octanol–water partition coefficient (Wildman–Crippen LogP) is 3.20. The van der Waals surface area contributed by atoms with Crippen LogP contribution in [0.4, 0.5) is 0 Å².